The lowest BCUT2D eigenvalue weighted by Gasteiger charge is -2.26. The topological polar surface area (TPSA) is 70.7 Å². The van der Waals surface area contributed by atoms with Crippen LogP contribution < -0.4 is 10.6 Å². The minimum Gasteiger partial charge on any atom is -0.444 e. The molecule has 0 radical (unpaired) electrons. The summed E-state index contributed by atoms with van der Waals surface area (Å²) in [5.74, 6) is 0. The van der Waals surface area contributed by atoms with Gasteiger partial charge in [0.15, 0.2) is 0 Å². The minimum absolute atomic E-state index is 0.0914. The number of hydrogen-bond donors (Lipinski definition) is 2. The van der Waals surface area contributed by atoms with E-state index in [1.807, 2.05) is 27.7 Å². The van der Waals surface area contributed by atoms with Crippen molar-refractivity contribution >= 4 is 12.1 Å². The molecule has 6 nitrogen and oxygen atoms in total. The fourth-order valence-electron chi connectivity index (χ4n) is 1.39. The molecule has 0 saturated heterocycles. The maximum absolute atomic E-state index is 11.8. The average molecular weight is 271 g/mol. The maximum atomic E-state index is 11.8. The molecule has 0 aromatic heterocycles. The van der Waals surface area contributed by atoms with E-state index in [4.69, 9.17) is 4.74 Å². The Bertz CT molecular complexity index is 335. The molecular formula is C13H25N3O3. The van der Waals surface area contributed by atoms with Crippen LogP contribution in [0, 0.1) is 0 Å². The second kappa shape index (κ2) is 6.12. The van der Waals surface area contributed by atoms with E-state index < -0.39 is 11.7 Å². The Labute approximate surface area is 114 Å². The van der Waals surface area contributed by atoms with Gasteiger partial charge < -0.3 is 20.3 Å². The molecule has 0 aromatic rings. The summed E-state index contributed by atoms with van der Waals surface area (Å²) in [6.07, 6.45) is 1.66. The van der Waals surface area contributed by atoms with E-state index in [0.717, 1.165) is 12.8 Å². The van der Waals surface area contributed by atoms with Crippen molar-refractivity contribution in [1.82, 2.24) is 15.5 Å². The summed E-state index contributed by atoms with van der Waals surface area (Å²) in [4.78, 5) is 24.9. The van der Waals surface area contributed by atoms with Gasteiger partial charge in [-0.3, -0.25) is 0 Å². The van der Waals surface area contributed by atoms with Gasteiger partial charge in [-0.25, -0.2) is 9.59 Å². The SMILES string of the molecule is C[C@H](CNC(=O)OC(C)(C)C)N(C)C(=O)NC1CC1. The molecule has 110 valence electrons. The molecule has 0 spiro atoms. The molecule has 19 heavy (non-hydrogen) atoms. The van der Waals surface area contributed by atoms with E-state index in [1.54, 1.807) is 11.9 Å². The summed E-state index contributed by atoms with van der Waals surface area (Å²) < 4.78 is 5.13. The molecule has 0 aliphatic heterocycles. The molecule has 1 aliphatic rings. The number of hydrogen-bond acceptors (Lipinski definition) is 3. The van der Waals surface area contributed by atoms with E-state index in [2.05, 4.69) is 10.6 Å². The lowest BCUT2D eigenvalue weighted by atomic mass is 10.2. The van der Waals surface area contributed by atoms with Gasteiger partial charge in [-0.15, -0.1) is 0 Å². The zero-order chi connectivity index (χ0) is 14.6. The van der Waals surface area contributed by atoms with Gasteiger partial charge >= 0.3 is 12.1 Å². The van der Waals surface area contributed by atoms with Crippen molar-refractivity contribution in [2.75, 3.05) is 13.6 Å². The van der Waals surface area contributed by atoms with Crippen LogP contribution in [-0.2, 0) is 4.74 Å². The summed E-state index contributed by atoms with van der Waals surface area (Å²) >= 11 is 0. The largest absolute Gasteiger partial charge is 0.444 e. The van der Waals surface area contributed by atoms with Crippen molar-refractivity contribution in [3.05, 3.63) is 0 Å². The molecule has 1 aliphatic carbocycles. The lowest BCUT2D eigenvalue weighted by Crippen LogP contribution is -2.48. The highest BCUT2D eigenvalue weighted by Gasteiger charge is 2.26. The number of carbonyl (C=O) groups excluding carboxylic acids is 2. The maximum Gasteiger partial charge on any atom is 0.407 e. The van der Waals surface area contributed by atoms with Gasteiger partial charge in [0.05, 0.1) is 0 Å². The Morgan fingerprint density at radius 2 is 1.95 bits per heavy atom. The number of carbonyl (C=O) groups is 2. The van der Waals surface area contributed by atoms with Gasteiger partial charge in [0.2, 0.25) is 0 Å². The molecule has 0 bridgehead atoms. The highest BCUT2D eigenvalue weighted by atomic mass is 16.6. The third-order valence-electron chi connectivity index (χ3n) is 2.83. The number of nitrogens with zero attached hydrogens (tertiary/aromatic N) is 1. The molecule has 1 rings (SSSR count). The van der Waals surface area contributed by atoms with Crippen LogP contribution in [0.5, 0.6) is 0 Å². The van der Waals surface area contributed by atoms with Crippen molar-refractivity contribution in [1.29, 1.82) is 0 Å². The van der Waals surface area contributed by atoms with E-state index >= 15 is 0 Å². The second-order valence-electron chi connectivity index (χ2n) is 6.07. The quantitative estimate of drug-likeness (QED) is 0.817. The van der Waals surface area contributed by atoms with Gasteiger partial charge in [0.25, 0.3) is 0 Å². The Morgan fingerprint density at radius 1 is 1.37 bits per heavy atom. The van der Waals surface area contributed by atoms with Gasteiger partial charge in [-0.1, -0.05) is 0 Å². The summed E-state index contributed by atoms with van der Waals surface area (Å²) in [6, 6.07) is 0.147. The van der Waals surface area contributed by atoms with Crippen LogP contribution in [0.3, 0.4) is 0 Å². The number of amides is 3. The van der Waals surface area contributed by atoms with E-state index in [0.29, 0.717) is 12.6 Å². The first-order chi connectivity index (χ1) is 8.69. The van der Waals surface area contributed by atoms with Crippen LogP contribution in [0.15, 0.2) is 0 Å². The third-order valence-corrected chi connectivity index (χ3v) is 2.83. The first-order valence-electron chi connectivity index (χ1n) is 6.69. The molecule has 6 heteroatoms. The van der Waals surface area contributed by atoms with Gasteiger partial charge in [0, 0.05) is 25.7 Å². The fourth-order valence-corrected chi connectivity index (χ4v) is 1.39. The number of nitrogens with one attached hydrogen (secondary N) is 2. The van der Waals surface area contributed by atoms with Crippen molar-refractivity contribution in [2.45, 2.75) is 58.2 Å². The predicted molar refractivity (Wildman–Crippen MR) is 73.0 cm³/mol. The average Bonchev–Trinajstić information content (AvgIpc) is 3.06. The van der Waals surface area contributed by atoms with Crippen molar-refractivity contribution in [3.8, 4) is 0 Å². The zero-order valence-electron chi connectivity index (χ0n) is 12.4. The number of rotatable bonds is 4. The van der Waals surface area contributed by atoms with Crippen molar-refractivity contribution < 1.29 is 14.3 Å². The van der Waals surface area contributed by atoms with Gasteiger partial charge in [-0.05, 0) is 40.5 Å². The van der Waals surface area contributed by atoms with Gasteiger partial charge in [-0.2, -0.15) is 0 Å². The van der Waals surface area contributed by atoms with Crippen LogP contribution >= 0.6 is 0 Å². The Balaban J connectivity index is 2.27. The van der Waals surface area contributed by atoms with Crippen LogP contribution in [0.1, 0.15) is 40.5 Å². The smallest absolute Gasteiger partial charge is 0.407 e. The molecule has 1 fully saturated rings. The van der Waals surface area contributed by atoms with Crippen LogP contribution in [0.2, 0.25) is 0 Å². The predicted octanol–water partition coefficient (Wildman–Crippen LogP) is 1.70. The van der Waals surface area contributed by atoms with Crippen LogP contribution in [0.25, 0.3) is 0 Å². The summed E-state index contributed by atoms with van der Waals surface area (Å²) in [5, 5.41) is 5.56. The molecule has 0 aromatic carbocycles. The number of alkyl carbamates (subject to hydrolysis) is 1. The standard InChI is InChI=1S/C13H25N3O3/c1-9(8-14-12(18)19-13(2,3)4)16(5)11(17)15-10-6-7-10/h9-10H,6-8H2,1-5H3,(H,14,18)(H,15,17)/t9-/m1/s1. The Kier molecular flexibility index (Phi) is 5.03. The molecule has 0 heterocycles. The minimum atomic E-state index is -0.511. The highest BCUT2D eigenvalue weighted by molar-refractivity contribution is 5.75. The zero-order valence-corrected chi connectivity index (χ0v) is 12.4. The number of urea groups is 1. The Hall–Kier alpha value is -1.46. The highest BCUT2D eigenvalue weighted by Crippen LogP contribution is 2.18. The molecular weight excluding hydrogens is 246 g/mol. The van der Waals surface area contributed by atoms with E-state index in [-0.39, 0.29) is 12.1 Å². The van der Waals surface area contributed by atoms with Crippen molar-refractivity contribution in [2.24, 2.45) is 0 Å². The molecule has 1 saturated carbocycles. The molecule has 0 unspecified atom stereocenters. The molecule has 2 N–H and O–H groups in total. The van der Waals surface area contributed by atoms with Crippen molar-refractivity contribution in [3.63, 3.8) is 0 Å². The Morgan fingerprint density at radius 3 is 2.42 bits per heavy atom. The lowest BCUT2D eigenvalue weighted by molar-refractivity contribution is 0.0515. The summed E-state index contributed by atoms with van der Waals surface area (Å²) in [6.45, 7) is 7.68. The first kappa shape index (κ1) is 15.6. The fraction of sp³-hybridized carbons (Fsp3) is 0.846. The van der Waals surface area contributed by atoms with Crippen LogP contribution in [0.4, 0.5) is 9.59 Å². The molecule has 1 atom stereocenters. The molecule has 3 amide bonds. The summed E-state index contributed by atoms with van der Waals surface area (Å²) in [7, 11) is 1.72. The van der Waals surface area contributed by atoms with Gasteiger partial charge in [0.1, 0.15) is 5.60 Å². The summed E-state index contributed by atoms with van der Waals surface area (Å²) in [5.41, 5.74) is -0.511. The third kappa shape index (κ3) is 6.31. The second-order valence-corrected chi connectivity index (χ2v) is 6.07. The first-order valence-corrected chi connectivity index (χ1v) is 6.69. The number of ether oxygens (including phenoxy) is 1. The van der Waals surface area contributed by atoms with Crippen LogP contribution in [-0.4, -0.2) is 48.3 Å². The normalized spacial score (nSPS) is 16.5. The monoisotopic (exact) mass is 271 g/mol. The van der Waals surface area contributed by atoms with E-state index in [9.17, 15) is 9.59 Å². The van der Waals surface area contributed by atoms with E-state index in [1.165, 1.54) is 0 Å². The number of likely N-dealkylation sites (N-methyl/N-ethyl adjacent to an activating group) is 1.